The molecule has 0 saturated carbocycles. The van der Waals surface area contributed by atoms with Gasteiger partial charge < -0.3 is 9.47 Å². The van der Waals surface area contributed by atoms with E-state index in [1.807, 2.05) is 18.2 Å². The van der Waals surface area contributed by atoms with Crippen molar-refractivity contribution >= 4 is 5.78 Å². The molecule has 0 amide bonds. The zero-order valence-corrected chi connectivity index (χ0v) is 12.3. The molecule has 0 aliphatic carbocycles. The molecule has 1 fully saturated rings. The van der Waals surface area contributed by atoms with Crippen molar-refractivity contribution < 1.29 is 14.3 Å². The number of carbonyl (C=O) groups is 1. The van der Waals surface area contributed by atoms with Crippen molar-refractivity contribution in [2.45, 2.75) is 57.7 Å². The van der Waals surface area contributed by atoms with Gasteiger partial charge in [0.2, 0.25) is 0 Å². The van der Waals surface area contributed by atoms with Crippen molar-refractivity contribution in [1.82, 2.24) is 0 Å². The molecule has 0 aromatic heterocycles. The molecule has 0 bridgehead atoms. The molecule has 108 valence electrons. The summed E-state index contributed by atoms with van der Waals surface area (Å²) in [7, 11) is 0. The summed E-state index contributed by atoms with van der Waals surface area (Å²) in [5.41, 5.74) is 1.81. The highest BCUT2D eigenvalue weighted by atomic mass is 16.5. The van der Waals surface area contributed by atoms with E-state index in [1.54, 1.807) is 0 Å². The first-order valence-electron chi connectivity index (χ1n) is 7.50. The zero-order valence-electron chi connectivity index (χ0n) is 12.3. The molecule has 3 rings (SSSR count). The minimum absolute atomic E-state index is 0.151. The number of Topliss-reactive ketones (excluding diaryl/α,β-unsaturated/α-hetero) is 1. The van der Waals surface area contributed by atoms with Crippen LogP contribution in [0, 0.1) is 0 Å². The molecule has 0 spiro atoms. The number of ketones is 1. The predicted molar refractivity (Wildman–Crippen MR) is 77.4 cm³/mol. The number of hydrogen-bond acceptors (Lipinski definition) is 3. The lowest BCUT2D eigenvalue weighted by Gasteiger charge is -2.16. The van der Waals surface area contributed by atoms with Crippen LogP contribution in [0.15, 0.2) is 18.2 Å². The summed E-state index contributed by atoms with van der Waals surface area (Å²) in [6.45, 7) is 5.00. The van der Waals surface area contributed by atoms with Gasteiger partial charge in [-0.15, -0.1) is 0 Å². The van der Waals surface area contributed by atoms with Crippen LogP contribution in [0.1, 0.15) is 55.5 Å². The Morgan fingerprint density at radius 2 is 2.25 bits per heavy atom. The quantitative estimate of drug-likeness (QED) is 0.788. The van der Waals surface area contributed by atoms with Gasteiger partial charge >= 0.3 is 0 Å². The first kappa shape index (κ1) is 13.6. The first-order chi connectivity index (χ1) is 9.53. The molecule has 1 aromatic rings. The largest absolute Gasteiger partial charge is 0.487 e. The van der Waals surface area contributed by atoms with E-state index < -0.39 is 0 Å². The fraction of sp³-hybridized carbons (Fsp3) is 0.588. The lowest BCUT2D eigenvalue weighted by molar-refractivity contribution is 0.0859. The van der Waals surface area contributed by atoms with Gasteiger partial charge in [0.15, 0.2) is 5.78 Å². The van der Waals surface area contributed by atoms with Crippen LogP contribution < -0.4 is 4.74 Å². The summed E-state index contributed by atoms with van der Waals surface area (Å²) < 4.78 is 11.4. The molecule has 2 aliphatic heterocycles. The average molecular weight is 274 g/mol. The van der Waals surface area contributed by atoms with E-state index in [4.69, 9.17) is 9.47 Å². The Morgan fingerprint density at radius 1 is 1.40 bits per heavy atom. The fourth-order valence-corrected chi connectivity index (χ4v) is 3.09. The van der Waals surface area contributed by atoms with Crippen LogP contribution >= 0.6 is 0 Å². The lowest BCUT2D eigenvalue weighted by Crippen LogP contribution is -2.24. The van der Waals surface area contributed by atoms with E-state index in [9.17, 15) is 4.79 Å². The number of benzene rings is 1. The van der Waals surface area contributed by atoms with Gasteiger partial charge in [-0.05, 0) is 56.9 Å². The highest BCUT2D eigenvalue weighted by Crippen LogP contribution is 2.35. The summed E-state index contributed by atoms with van der Waals surface area (Å²) in [5.74, 6) is 1.14. The monoisotopic (exact) mass is 274 g/mol. The van der Waals surface area contributed by atoms with Gasteiger partial charge in [-0.1, -0.05) is 0 Å². The standard InChI is InChI=1S/C17H22O3/c1-17(2)11-13-10-12(5-8-16(13)20-17)15(18)7-6-14-4-3-9-19-14/h5,8,10,14H,3-4,6-7,9,11H2,1-2H3. The summed E-state index contributed by atoms with van der Waals surface area (Å²) in [6.07, 6.45) is 4.81. The third kappa shape index (κ3) is 2.88. The van der Waals surface area contributed by atoms with Crippen LogP contribution in [0.4, 0.5) is 0 Å². The van der Waals surface area contributed by atoms with Crippen LogP contribution in [0.25, 0.3) is 0 Å². The molecule has 1 atom stereocenters. The molecule has 3 nitrogen and oxygen atoms in total. The van der Waals surface area contributed by atoms with Crippen LogP contribution in [-0.4, -0.2) is 24.1 Å². The van der Waals surface area contributed by atoms with Gasteiger partial charge in [-0.3, -0.25) is 4.79 Å². The second-order valence-corrected chi connectivity index (χ2v) is 6.46. The fourth-order valence-electron chi connectivity index (χ4n) is 3.09. The molecule has 20 heavy (non-hydrogen) atoms. The Balaban J connectivity index is 1.64. The van der Waals surface area contributed by atoms with Crippen molar-refractivity contribution in [1.29, 1.82) is 0 Å². The van der Waals surface area contributed by atoms with Crippen molar-refractivity contribution in [2.24, 2.45) is 0 Å². The molecular formula is C17H22O3. The Bertz CT molecular complexity index is 513. The normalized spacial score (nSPS) is 23.4. The van der Waals surface area contributed by atoms with Gasteiger partial charge in [-0.2, -0.15) is 0 Å². The minimum atomic E-state index is -0.151. The van der Waals surface area contributed by atoms with Gasteiger partial charge in [0.05, 0.1) is 6.10 Å². The molecule has 1 unspecified atom stereocenters. The zero-order chi connectivity index (χ0) is 14.2. The second kappa shape index (κ2) is 5.21. The third-order valence-electron chi connectivity index (χ3n) is 4.10. The highest BCUT2D eigenvalue weighted by Gasteiger charge is 2.30. The van der Waals surface area contributed by atoms with Crippen molar-refractivity contribution in [3.05, 3.63) is 29.3 Å². The number of fused-ring (bicyclic) bond motifs is 1. The highest BCUT2D eigenvalue weighted by molar-refractivity contribution is 5.96. The maximum Gasteiger partial charge on any atom is 0.162 e. The molecular weight excluding hydrogens is 252 g/mol. The molecule has 2 heterocycles. The number of hydrogen-bond donors (Lipinski definition) is 0. The number of ether oxygens (including phenoxy) is 2. The van der Waals surface area contributed by atoms with E-state index in [1.165, 1.54) is 0 Å². The maximum absolute atomic E-state index is 12.3. The van der Waals surface area contributed by atoms with Crippen molar-refractivity contribution in [2.75, 3.05) is 6.61 Å². The number of rotatable bonds is 4. The summed E-state index contributed by atoms with van der Waals surface area (Å²) in [6, 6.07) is 5.82. The Morgan fingerprint density at radius 3 is 3.00 bits per heavy atom. The second-order valence-electron chi connectivity index (χ2n) is 6.46. The average Bonchev–Trinajstić information content (AvgIpc) is 2.99. The van der Waals surface area contributed by atoms with Crippen molar-refractivity contribution in [3.8, 4) is 5.75 Å². The molecule has 0 radical (unpaired) electrons. The molecule has 3 heteroatoms. The molecule has 2 aliphatic rings. The van der Waals surface area contributed by atoms with Gasteiger partial charge in [-0.25, -0.2) is 0 Å². The molecule has 1 aromatic carbocycles. The maximum atomic E-state index is 12.3. The molecule has 1 saturated heterocycles. The van der Waals surface area contributed by atoms with E-state index in [0.29, 0.717) is 6.42 Å². The predicted octanol–water partition coefficient (Wildman–Crippen LogP) is 3.54. The summed E-state index contributed by atoms with van der Waals surface area (Å²) in [4.78, 5) is 12.3. The van der Waals surface area contributed by atoms with Crippen LogP contribution in [0.2, 0.25) is 0 Å². The lowest BCUT2D eigenvalue weighted by atomic mass is 9.97. The SMILES string of the molecule is CC1(C)Cc2cc(C(=O)CCC3CCCO3)ccc2O1. The van der Waals surface area contributed by atoms with Gasteiger partial charge in [0.1, 0.15) is 11.4 Å². The van der Waals surface area contributed by atoms with Crippen molar-refractivity contribution in [3.63, 3.8) is 0 Å². The van der Waals surface area contributed by atoms with Crippen LogP contribution in [0.5, 0.6) is 5.75 Å². The van der Waals surface area contributed by atoms with Gasteiger partial charge in [0, 0.05) is 25.0 Å². The van der Waals surface area contributed by atoms with Crippen LogP contribution in [-0.2, 0) is 11.2 Å². The topological polar surface area (TPSA) is 35.5 Å². The third-order valence-corrected chi connectivity index (χ3v) is 4.10. The summed E-state index contributed by atoms with van der Waals surface area (Å²) in [5, 5.41) is 0. The van der Waals surface area contributed by atoms with E-state index in [0.717, 1.165) is 49.2 Å². The van der Waals surface area contributed by atoms with E-state index >= 15 is 0 Å². The Hall–Kier alpha value is -1.35. The van der Waals surface area contributed by atoms with Gasteiger partial charge in [0.25, 0.3) is 0 Å². The Kier molecular flexibility index (Phi) is 3.55. The van der Waals surface area contributed by atoms with E-state index in [2.05, 4.69) is 13.8 Å². The number of carbonyl (C=O) groups excluding carboxylic acids is 1. The van der Waals surface area contributed by atoms with Crippen LogP contribution in [0.3, 0.4) is 0 Å². The first-order valence-corrected chi connectivity index (χ1v) is 7.50. The van der Waals surface area contributed by atoms with E-state index in [-0.39, 0.29) is 17.5 Å². The summed E-state index contributed by atoms with van der Waals surface area (Å²) >= 11 is 0. The minimum Gasteiger partial charge on any atom is -0.487 e. The smallest absolute Gasteiger partial charge is 0.162 e. The Labute approximate surface area is 120 Å². The molecule has 0 N–H and O–H groups in total.